The molecule has 2 fully saturated rings. The van der Waals surface area contributed by atoms with Gasteiger partial charge in [0.2, 0.25) is 0 Å². The van der Waals surface area contributed by atoms with Crippen LogP contribution >= 0.6 is 0 Å². The number of allylic oxidation sites excluding steroid dienone is 4. The smallest absolute Gasteiger partial charge is 0.122 e. The summed E-state index contributed by atoms with van der Waals surface area (Å²) < 4.78 is 22.0. The van der Waals surface area contributed by atoms with E-state index in [1.165, 1.54) is 0 Å². The minimum Gasteiger partial charge on any atom is -0.498 e. The molecule has 4 nitrogen and oxygen atoms in total. The molecule has 2 atom stereocenters. The third-order valence-electron chi connectivity index (χ3n) is 3.55. The van der Waals surface area contributed by atoms with Gasteiger partial charge in [0, 0.05) is 5.57 Å². The Morgan fingerprint density at radius 2 is 1.70 bits per heavy atom. The van der Waals surface area contributed by atoms with Crippen LogP contribution in [0.4, 0.5) is 0 Å². The molecule has 4 heteroatoms. The van der Waals surface area contributed by atoms with E-state index in [-0.39, 0.29) is 17.6 Å². The van der Waals surface area contributed by atoms with Crippen LogP contribution in [0, 0.1) is 11.3 Å². The first kappa shape index (κ1) is 18.1. The van der Waals surface area contributed by atoms with Gasteiger partial charge in [-0.2, -0.15) is 0 Å². The molecule has 0 saturated carbocycles. The molecule has 0 radical (unpaired) electrons. The van der Waals surface area contributed by atoms with Crippen LogP contribution in [0.1, 0.15) is 34.6 Å². The van der Waals surface area contributed by atoms with E-state index in [2.05, 4.69) is 46.8 Å². The second-order valence-corrected chi connectivity index (χ2v) is 7.49. The fraction of sp³-hybridized carbons (Fsp3) is 0.684. The van der Waals surface area contributed by atoms with Crippen LogP contribution in [-0.4, -0.2) is 38.6 Å². The zero-order valence-electron chi connectivity index (χ0n) is 15.0. The molecule has 2 unspecified atom stereocenters. The van der Waals surface area contributed by atoms with Crippen LogP contribution < -0.4 is 0 Å². The van der Waals surface area contributed by atoms with E-state index in [1.54, 1.807) is 6.26 Å². The lowest BCUT2D eigenvalue weighted by atomic mass is 9.85. The minimum absolute atomic E-state index is 0.0446. The third-order valence-corrected chi connectivity index (χ3v) is 3.55. The van der Waals surface area contributed by atoms with Gasteiger partial charge in [0.1, 0.15) is 31.2 Å². The van der Waals surface area contributed by atoms with Gasteiger partial charge >= 0.3 is 0 Å². The maximum atomic E-state index is 6.03. The van der Waals surface area contributed by atoms with E-state index in [0.717, 1.165) is 24.5 Å². The third kappa shape index (κ3) is 7.23. The van der Waals surface area contributed by atoms with Crippen molar-refractivity contribution in [3.8, 4) is 0 Å². The van der Waals surface area contributed by atoms with Crippen LogP contribution in [0.2, 0.25) is 0 Å². The highest BCUT2D eigenvalue weighted by Gasteiger charge is 2.26. The molecule has 0 aromatic carbocycles. The quantitative estimate of drug-likeness (QED) is 0.367. The van der Waals surface area contributed by atoms with Crippen molar-refractivity contribution in [2.75, 3.05) is 26.4 Å². The predicted molar refractivity (Wildman–Crippen MR) is 91.0 cm³/mol. The summed E-state index contributed by atoms with van der Waals surface area (Å²) in [5.74, 6) is 1.36. The van der Waals surface area contributed by atoms with Gasteiger partial charge in [0.05, 0.1) is 19.5 Å². The highest BCUT2D eigenvalue weighted by molar-refractivity contribution is 5.33. The van der Waals surface area contributed by atoms with Gasteiger partial charge in [-0.15, -0.1) is 0 Å². The zero-order valence-corrected chi connectivity index (χ0v) is 15.0. The van der Waals surface area contributed by atoms with E-state index >= 15 is 0 Å². The average Bonchev–Trinajstić information content (AvgIpc) is 3.33. The van der Waals surface area contributed by atoms with Crippen LogP contribution in [0.15, 0.2) is 35.8 Å². The Hall–Kier alpha value is -1.26. The molecule has 0 bridgehead atoms. The van der Waals surface area contributed by atoms with E-state index in [4.69, 9.17) is 18.9 Å². The van der Waals surface area contributed by atoms with E-state index < -0.39 is 0 Å². The monoisotopic (exact) mass is 322 g/mol. The standard InChI is InChI=1S/C19H30O4/c1-14(2)6-7-18(23-13-16-12-22-16)17(19(3,4)5)8-9-20-10-15-11-21-15/h6-9,14-16H,10-13H2,1-5H3/b7-6+,9-8+,18-17-. The maximum Gasteiger partial charge on any atom is 0.122 e. The number of epoxide rings is 2. The van der Waals surface area contributed by atoms with Gasteiger partial charge < -0.3 is 18.9 Å². The van der Waals surface area contributed by atoms with E-state index in [1.807, 2.05) is 6.08 Å². The topological polar surface area (TPSA) is 43.5 Å². The second kappa shape index (κ2) is 8.02. The Kier molecular flexibility index (Phi) is 6.31. The second-order valence-electron chi connectivity index (χ2n) is 7.49. The molecule has 2 rings (SSSR count). The van der Waals surface area contributed by atoms with Crippen LogP contribution in [0.5, 0.6) is 0 Å². The summed E-state index contributed by atoms with van der Waals surface area (Å²) in [6, 6.07) is 0. The van der Waals surface area contributed by atoms with Gasteiger partial charge in [-0.3, -0.25) is 0 Å². The molecular formula is C19H30O4. The molecule has 0 N–H and O–H groups in total. The molecule has 0 aliphatic carbocycles. The molecule has 2 aliphatic heterocycles. The number of rotatable bonds is 9. The molecule has 23 heavy (non-hydrogen) atoms. The Morgan fingerprint density at radius 3 is 2.22 bits per heavy atom. The highest BCUT2D eigenvalue weighted by Crippen LogP contribution is 2.31. The van der Waals surface area contributed by atoms with Crippen LogP contribution in [0.25, 0.3) is 0 Å². The summed E-state index contributed by atoms with van der Waals surface area (Å²) in [5.41, 5.74) is 1.07. The molecule has 130 valence electrons. The summed E-state index contributed by atoms with van der Waals surface area (Å²) in [7, 11) is 0. The first-order valence-electron chi connectivity index (χ1n) is 8.43. The van der Waals surface area contributed by atoms with Crippen molar-refractivity contribution in [2.45, 2.75) is 46.8 Å². The summed E-state index contributed by atoms with van der Waals surface area (Å²) in [5, 5.41) is 0. The van der Waals surface area contributed by atoms with E-state index in [9.17, 15) is 0 Å². The first-order valence-corrected chi connectivity index (χ1v) is 8.43. The zero-order chi connectivity index (χ0) is 16.9. The minimum atomic E-state index is -0.0446. The van der Waals surface area contributed by atoms with Gasteiger partial charge in [-0.05, 0) is 23.5 Å². The number of hydrogen-bond acceptors (Lipinski definition) is 4. The lowest BCUT2D eigenvalue weighted by Gasteiger charge is -2.23. The molecular weight excluding hydrogens is 292 g/mol. The summed E-state index contributed by atoms with van der Waals surface area (Å²) >= 11 is 0. The van der Waals surface area contributed by atoms with Gasteiger partial charge in [-0.25, -0.2) is 0 Å². The number of ether oxygens (including phenoxy) is 4. The van der Waals surface area contributed by atoms with Crippen molar-refractivity contribution in [3.63, 3.8) is 0 Å². The Balaban J connectivity index is 2.11. The van der Waals surface area contributed by atoms with Crippen LogP contribution in [-0.2, 0) is 18.9 Å². The van der Waals surface area contributed by atoms with Gasteiger partial charge in [-0.1, -0.05) is 40.7 Å². The largest absolute Gasteiger partial charge is 0.498 e. The molecule has 2 saturated heterocycles. The normalized spacial score (nSPS) is 25.1. The molecule has 0 aromatic rings. The van der Waals surface area contributed by atoms with Gasteiger partial charge in [0.25, 0.3) is 0 Å². The molecule has 0 spiro atoms. The fourth-order valence-corrected chi connectivity index (χ4v) is 1.99. The fourth-order valence-electron chi connectivity index (χ4n) is 1.99. The molecule has 2 aliphatic rings. The molecule has 0 aromatic heterocycles. The van der Waals surface area contributed by atoms with Crippen molar-refractivity contribution in [1.29, 1.82) is 0 Å². The van der Waals surface area contributed by atoms with E-state index in [0.29, 0.717) is 19.1 Å². The molecule has 2 heterocycles. The van der Waals surface area contributed by atoms with Crippen molar-refractivity contribution in [1.82, 2.24) is 0 Å². The van der Waals surface area contributed by atoms with Crippen molar-refractivity contribution >= 4 is 0 Å². The summed E-state index contributed by atoms with van der Waals surface area (Å²) in [4.78, 5) is 0. The summed E-state index contributed by atoms with van der Waals surface area (Å²) in [6.07, 6.45) is 8.50. The Morgan fingerprint density at radius 1 is 1.09 bits per heavy atom. The van der Waals surface area contributed by atoms with Crippen molar-refractivity contribution in [3.05, 3.63) is 35.8 Å². The first-order chi connectivity index (χ1) is 10.9. The summed E-state index contributed by atoms with van der Waals surface area (Å²) in [6.45, 7) is 13.7. The predicted octanol–water partition coefficient (Wildman–Crippen LogP) is 3.84. The SMILES string of the molecule is CC(C)/C=C/C(OCC1CO1)=C(\C=C\OCC1CO1)C(C)(C)C. The molecule has 0 amide bonds. The lowest BCUT2D eigenvalue weighted by molar-refractivity contribution is 0.185. The van der Waals surface area contributed by atoms with Gasteiger partial charge in [0.15, 0.2) is 0 Å². The number of hydrogen-bond donors (Lipinski definition) is 0. The van der Waals surface area contributed by atoms with Crippen molar-refractivity contribution < 1.29 is 18.9 Å². The maximum absolute atomic E-state index is 6.03. The van der Waals surface area contributed by atoms with Crippen molar-refractivity contribution in [2.24, 2.45) is 11.3 Å². The Bertz CT molecular complexity index is 460. The average molecular weight is 322 g/mol. The van der Waals surface area contributed by atoms with Crippen LogP contribution in [0.3, 0.4) is 0 Å². The Labute approximate surface area is 140 Å². The lowest BCUT2D eigenvalue weighted by Crippen LogP contribution is -2.13. The highest BCUT2D eigenvalue weighted by atomic mass is 16.6.